The van der Waals surface area contributed by atoms with Crippen molar-refractivity contribution in [1.82, 2.24) is 19.9 Å². The van der Waals surface area contributed by atoms with Gasteiger partial charge in [-0.3, -0.25) is 14.6 Å². The highest BCUT2D eigenvalue weighted by Crippen LogP contribution is 2.32. The largest absolute Gasteiger partial charge is 0.483 e. The van der Waals surface area contributed by atoms with Crippen molar-refractivity contribution in [2.24, 2.45) is 0 Å². The quantitative estimate of drug-likeness (QED) is 0.344. The summed E-state index contributed by atoms with van der Waals surface area (Å²) in [7, 11) is 0. The summed E-state index contributed by atoms with van der Waals surface area (Å²) >= 11 is 0. The first kappa shape index (κ1) is 27.5. The molecule has 1 atom stereocenters. The zero-order valence-electron chi connectivity index (χ0n) is 21.9. The predicted octanol–water partition coefficient (Wildman–Crippen LogP) is 3.91. The van der Waals surface area contributed by atoms with Crippen LogP contribution in [0.25, 0.3) is 6.08 Å². The van der Waals surface area contributed by atoms with Gasteiger partial charge in [0, 0.05) is 30.0 Å². The molecule has 2 aliphatic rings. The van der Waals surface area contributed by atoms with Gasteiger partial charge < -0.3 is 30.5 Å². The second-order valence-corrected chi connectivity index (χ2v) is 9.26. The lowest BCUT2D eigenvalue weighted by molar-refractivity contribution is -0.128. The fraction of sp³-hybridized carbons (Fsp3) is 0.321. The number of aliphatic hydroxyl groups excluding tert-OH is 1. The number of rotatable bonds is 6. The summed E-state index contributed by atoms with van der Waals surface area (Å²) in [5.41, 5.74) is 4.15. The molecular formula is C28H32N6O5. The number of nitrogens with one attached hydrogen (secondary N) is 2. The molecular weight excluding hydrogens is 500 g/mol. The van der Waals surface area contributed by atoms with Gasteiger partial charge in [0.1, 0.15) is 29.5 Å². The van der Waals surface area contributed by atoms with Crippen molar-refractivity contribution in [1.29, 1.82) is 0 Å². The van der Waals surface area contributed by atoms with Crippen LogP contribution >= 0.6 is 0 Å². The maximum absolute atomic E-state index is 13.3. The van der Waals surface area contributed by atoms with E-state index in [0.717, 1.165) is 41.1 Å². The van der Waals surface area contributed by atoms with E-state index in [1.54, 1.807) is 11.1 Å². The highest BCUT2D eigenvalue weighted by atomic mass is 16.5. The number of carboxylic acid groups (broad SMARTS) is 1. The standard InChI is InChI=1S/C27H30N6O3.CH2O2/c1-17-12-20(6-8-24(17)36-22-7-5-18(2)29-14-22)32-26-23-13-19(9-10-28-25(23)30-16-31-26)27(35)33-11-3-4-21(33)15-34;2-1-3/h5-8,12-14,16,21,34H,3-4,9-11,15H2,1-2H3,(H2,28,30,31,32);1H,(H,2,3)/t21-;/m0./s1. The van der Waals surface area contributed by atoms with Crippen LogP contribution < -0.4 is 15.4 Å². The van der Waals surface area contributed by atoms with E-state index in [-0.39, 0.29) is 25.0 Å². The van der Waals surface area contributed by atoms with Crippen LogP contribution in [0.2, 0.25) is 0 Å². The number of likely N-dealkylation sites (tertiary alicyclic amines) is 1. The number of carbonyl (C=O) groups excluding carboxylic acids is 1. The summed E-state index contributed by atoms with van der Waals surface area (Å²) in [5, 5.41) is 23.3. The number of ether oxygens (including phenoxy) is 1. The van der Waals surface area contributed by atoms with Crippen LogP contribution in [-0.2, 0) is 9.59 Å². The number of carbonyl (C=O) groups is 2. The minimum Gasteiger partial charge on any atom is -0.483 e. The van der Waals surface area contributed by atoms with Gasteiger partial charge in [0.15, 0.2) is 0 Å². The Labute approximate surface area is 226 Å². The van der Waals surface area contributed by atoms with Crippen molar-refractivity contribution in [3.63, 3.8) is 0 Å². The molecule has 2 aromatic heterocycles. The maximum atomic E-state index is 13.3. The van der Waals surface area contributed by atoms with Crippen LogP contribution in [0.1, 0.15) is 36.1 Å². The average molecular weight is 533 g/mol. The number of pyridine rings is 1. The van der Waals surface area contributed by atoms with Crippen LogP contribution in [-0.4, -0.2) is 68.2 Å². The van der Waals surface area contributed by atoms with Gasteiger partial charge in [0.2, 0.25) is 5.91 Å². The van der Waals surface area contributed by atoms with Gasteiger partial charge in [-0.15, -0.1) is 0 Å². The van der Waals surface area contributed by atoms with Crippen LogP contribution in [0.15, 0.2) is 48.4 Å². The highest BCUT2D eigenvalue weighted by Gasteiger charge is 2.30. The molecule has 204 valence electrons. The van der Waals surface area contributed by atoms with Crippen molar-refractivity contribution in [2.45, 2.75) is 39.2 Å². The number of nitrogens with zero attached hydrogens (tertiary/aromatic N) is 4. The lowest BCUT2D eigenvalue weighted by atomic mass is 10.1. The Bertz CT molecular complexity index is 1340. The summed E-state index contributed by atoms with van der Waals surface area (Å²) in [5.74, 6) is 2.68. The SMILES string of the molecule is Cc1ccc(Oc2ccc(Nc3ncnc4c3C=C(C(=O)N3CCC[C@H]3CO)CCN4)cc2C)cn1.O=CO. The third-order valence-electron chi connectivity index (χ3n) is 6.56. The van der Waals surface area contributed by atoms with Gasteiger partial charge in [-0.2, -0.15) is 0 Å². The molecule has 4 N–H and O–H groups in total. The number of aliphatic hydroxyl groups is 1. The van der Waals surface area contributed by atoms with Gasteiger partial charge in [0.25, 0.3) is 6.47 Å². The van der Waals surface area contributed by atoms with E-state index in [0.29, 0.717) is 42.5 Å². The van der Waals surface area contributed by atoms with Crippen LogP contribution in [0.3, 0.4) is 0 Å². The summed E-state index contributed by atoms with van der Waals surface area (Å²) in [4.78, 5) is 36.6. The fourth-order valence-electron chi connectivity index (χ4n) is 4.60. The zero-order valence-corrected chi connectivity index (χ0v) is 21.9. The van der Waals surface area contributed by atoms with Crippen molar-refractivity contribution in [3.05, 3.63) is 65.2 Å². The number of aromatic nitrogens is 3. The molecule has 1 aromatic carbocycles. The van der Waals surface area contributed by atoms with E-state index in [4.69, 9.17) is 14.6 Å². The molecule has 2 aliphatic heterocycles. The van der Waals surface area contributed by atoms with E-state index < -0.39 is 0 Å². The Hall–Kier alpha value is -4.51. The number of fused-ring (bicyclic) bond motifs is 1. The smallest absolute Gasteiger partial charge is 0.290 e. The average Bonchev–Trinajstić information content (AvgIpc) is 3.30. The summed E-state index contributed by atoms with van der Waals surface area (Å²) < 4.78 is 5.99. The van der Waals surface area contributed by atoms with Crippen molar-refractivity contribution < 1.29 is 24.5 Å². The topological polar surface area (TPSA) is 150 Å². The molecule has 1 amide bonds. The van der Waals surface area contributed by atoms with Crippen molar-refractivity contribution in [3.8, 4) is 11.5 Å². The summed E-state index contributed by atoms with van der Waals surface area (Å²) in [6.07, 6.45) is 7.41. The van der Waals surface area contributed by atoms with Gasteiger partial charge >= 0.3 is 0 Å². The molecule has 1 fully saturated rings. The molecule has 0 spiro atoms. The van der Waals surface area contributed by atoms with E-state index >= 15 is 0 Å². The second-order valence-electron chi connectivity index (χ2n) is 9.26. The van der Waals surface area contributed by atoms with Crippen LogP contribution in [0.5, 0.6) is 11.5 Å². The minimum atomic E-state index is -0.250. The van der Waals surface area contributed by atoms with Crippen molar-refractivity contribution >= 4 is 35.8 Å². The molecule has 0 bridgehead atoms. The molecule has 0 radical (unpaired) electrons. The molecule has 0 saturated carbocycles. The number of amides is 1. The lowest BCUT2D eigenvalue weighted by Crippen LogP contribution is -2.38. The van der Waals surface area contributed by atoms with Crippen LogP contribution in [0, 0.1) is 13.8 Å². The number of hydrogen-bond donors (Lipinski definition) is 4. The molecule has 0 unspecified atom stereocenters. The van der Waals surface area contributed by atoms with E-state index in [1.165, 1.54) is 6.33 Å². The molecule has 5 rings (SSSR count). The molecule has 11 heteroatoms. The summed E-state index contributed by atoms with van der Waals surface area (Å²) in [6, 6.07) is 9.51. The first-order valence-corrected chi connectivity index (χ1v) is 12.7. The Morgan fingerprint density at radius 2 is 2.05 bits per heavy atom. The normalized spacial score (nSPS) is 16.0. The zero-order chi connectivity index (χ0) is 27.8. The molecule has 4 heterocycles. The minimum absolute atomic E-state index is 0.0107. The maximum Gasteiger partial charge on any atom is 0.290 e. The fourth-order valence-corrected chi connectivity index (χ4v) is 4.60. The van der Waals surface area contributed by atoms with E-state index in [1.807, 2.05) is 50.3 Å². The first-order chi connectivity index (χ1) is 18.9. The molecule has 3 aromatic rings. The number of anilines is 3. The van der Waals surface area contributed by atoms with Gasteiger partial charge in [0.05, 0.1) is 24.4 Å². The Morgan fingerprint density at radius 1 is 1.23 bits per heavy atom. The van der Waals surface area contributed by atoms with Gasteiger partial charge in [-0.25, -0.2) is 9.97 Å². The van der Waals surface area contributed by atoms with Crippen LogP contribution in [0.4, 0.5) is 17.3 Å². The Kier molecular flexibility index (Phi) is 9.06. The first-order valence-electron chi connectivity index (χ1n) is 12.7. The Balaban J connectivity index is 0.00000112. The third-order valence-corrected chi connectivity index (χ3v) is 6.56. The molecule has 1 saturated heterocycles. The number of aryl methyl sites for hydroxylation is 2. The van der Waals surface area contributed by atoms with Crippen molar-refractivity contribution in [2.75, 3.05) is 30.3 Å². The molecule has 11 nitrogen and oxygen atoms in total. The lowest BCUT2D eigenvalue weighted by Gasteiger charge is -2.24. The van der Waals surface area contributed by atoms with Gasteiger partial charge in [-0.05, 0) is 75.1 Å². The highest BCUT2D eigenvalue weighted by molar-refractivity contribution is 6.00. The molecule has 39 heavy (non-hydrogen) atoms. The van der Waals surface area contributed by atoms with E-state index in [2.05, 4.69) is 25.6 Å². The molecule has 0 aliphatic carbocycles. The predicted molar refractivity (Wildman–Crippen MR) is 147 cm³/mol. The second kappa shape index (κ2) is 12.8. The monoisotopic (exact) mass is 532 g/mol. The Morgan fingerprint density at radius 3 is 2.77 bits per heavy atom. The van der Waals surface area contributed by atoms with Gasteiger partial charge in [-0.1, -0.05) is 0 Å². The van der Waals surface area contributed by atoms with E-state index in [9.17, 15) is 9.90 Å². The number of hydrogen-bond acceptors (Lipinski definition) is 9. The summed E-state index contributed by atoms with van der Waals surface area (Å²) in [6.45, 7) is 4.92. The third kappa shape index (κ3) is 6.68. The number of benzene rings is 1.